The van der Waals surface area contributed by atoms with E-state index in [0.717, 1.165) is 22.6 Å². The standard InChI is InChI=1S/C22H26N2S2/c1-14-3-4-15(2)21(11-14)26-19-9-7-18(8-10-19)23-22(25)24-20-13-16-5-6-17(20)12-16/h3-4,7-11,16-17,20H,5-6,12-13H2,1-2H3,(H2,23,24,25)/t16-,17+,20-/m0/s1. The van der Waals surface area contributed by atoms with E-state index in [0.29, 0.717) is 6.04 Å². The van der Waals surface area contributed by atoms with Crippen LogP contribution in [-0.4, -0.2) is 11.2 Å². The van der Waals surface area contributed by atoms with Gasteiger partial charge in [0, 0.05) is 21.5 Å². The molecule has 26 heavy (non-hydrogen) atoms. The Bertz CT molecular complexity index is 800. The van der Waals surface area contributed by atoms with Crippen LogP contribution >= 0.6 is 24.0 Å². The second kappa shape index (κ2) is 7.61. The van der Waals surface area contributed by atoms with Crippen molar-refractivity contribution >= 4 is 34.8 Å². The Morgan fingerprint density at radius 2 is 1.85 bits per heavy atom. The lowest BCUT2D eigenvalue weighted by molar-refractivity contribution is 0.392. The summed E-state index contributed by atoms with van der Waals surface area (Å²) in [4.78, 5) is 2.57. The zero-order chi connectivity index (χ0) is 18.1. The van der Waals surface area contributed by atoms with Crippen LogP contribution in [0, 0.1) is 25.7 Å². The molecule has 2 aromatic carbocycles. The molecule has 0 heterocycles. The highest BCUT2D eigenvalue weighted by molar-refractivity contribution is 7.99. The van der Waals surface area contributed by atoms with Gasteiger partial charge in [-0.3, -0.25) is 0 Å². The van der Waals surface area contributed by atoms with Crippen LogP contribution in [0.1, 0.15) is 36.8 Å². The molecule has 3 atom stereocenters. The van der Waals surface area contributed by atoms with Gasteiger partial charge in [0.1, 0.15) is 0 Å². The predicted octanol–water partition coefficient (Wildman–Crippen LogP) is 5.93. The van der Waals surface area contributed by atoms with Gasteiger partial charge in [-0.25, -0.2) is 0 Å². The number of anilines is 1. The second-order valence-corrected chi connectivity index (χ2v) is 9.30. The van der Waals surface area contributed by atoms with Crippen molar-refractivity contribution in [1.29, 1.82) is 0 Å². The van der Waals surface area contributed by atoms with Gasteiger partial charge < -0.3 is 10.6 Å². The first-order chi connectivity index (χ1) is 12.6. The number of benzene rings is 2. The summed E-state index contributed by atoms with van der Waals surface area (Å²) < 4.78 is 0. The summed E-state index contributed by atoms with van der Waals surface area (Å²) in [5, 5.41) is 7.65. The fourth-order valence-corrected chi connectivity index (χ4v) is 5.58. The first-order valence-corrected chi connectivity index (χ1v) is 10.7. The Labute approximate surface area is 166 Å². The van der Waals surface area contributed by atoms with Crippen LogP contribution in [0.5, 0.6) is 0 Å². The van der Waals surface area contributed by atoms with E-state index in [9.17, 15) is 0 Å². The highest BCUT2D eigenvalue weighted by Gasteiger charge is 2.39. The molecule has 136 valence electrons. The molecule has 0 saturated heterocycles. The normalized spacial score (nSPS) is 23.8. The lowest BCUT2D eigenvalue weighted by Gasteiger charge is -2.24. The molecular formula is C22H26N2S2. The first kappa shape index (κ1) is 17.9. The van der Waals surface area contributed by atoms with Gasteiger partial charge in [-0.05, 0) is 98.6 Å². The van der Waals surface area contributed by atoms with Crippen molar-refractivity contribution in [3.63, 3.8) is 0 Å². The molecule has 2 aromatic rings. The topological polar surface area (TPSA) is 24.1 Å². The molecule has 2 saturated carbocycles. The number of hydrogen-bond acceptors (Lipinski definition) is 2. The van der Waals surface area contributed by atoms with Gasteiger partial charge in [-0.15, -0.1) is 0 Å². The Hall–Kier alpha value is -1.52. The van der Waals surface area contributed by atoms with Crippen LogP contribution < -0.4 is 10.6 Å². The van der Waals surface area contributed by atoms with E-state index in [1.165, 1.54) is 46.6 Å². The summed E-state index contributed by atoms with van der Waals surface area (Å²) in [6, 6.07) is 15.7. The number of fused-ring (bicyclic) bond motifs is 2. The fraction of sp³-hybridized carbons (Fsp3) is 0.409. The number of nitrogens with one attached hydrogen (secondary N) is 2. The van der Waals surface area contributed by atoms with E-state index in [1.807, 2.05) is 11.8 Å². The molecule has 2 fully saturated rings. The van der Waals surface area contributed by atoms with E-state index < -0.39 is 0 Å². The zero-order valence-corrected chi connectivity index (χ0v) is 17.1. The van der Waals surface area contributed by atoms with Gasteiger partial charge in [0.2, 0.25) is 0 Å². The molecule has 0 aromatic heterocycles. The Morgan fingerprint density at radius 3 is 2.54 bits per heavy atom. The largest absolute Gasteiger partial charge is 0.359 e. The molecule has 2 N–H and O–H groups in total. The van der Waals surface area contributed by atoms with Crippen molar-refractivity contribution in [1.82, 2.24) is 5.32 Å². The number of rotatable bonds is 4. The van der Waals surface area contributed by atoms with Crippen molar-refractivity contribution in [2.24, 2.45) is 11.8 Å². The molecule has 0 aliphatic heterocycles. The minimum absolute atomic E-state index is 0.577. The van der Waals surface area contributed by atoms with E-state index in [-0.39, 0.29) is 0 Å². The minimum Gasteiger partial charge on any atom is -0.359 e. The minimum atomic E-state index is 0.577. The van der Waals surface area contributed by atoms with Gasteiger partial charge >= 0.3 is 0 Å². The Kier molecular flexibility index (Phi) is 5.23. The number of hydrogen-bond donors (Lipinski definition) is 2. The predicted molar refractivity (Wildman–Crippen MR) is 115 cm³/mol. The summed E-state index contributed by atoms with van der Waals surface area (Å²) in [5.41, 5.74) is 3.67. The summed E-state index contributed by atoms with van der Waals surface area (Å²) >= 11 is 7.34. The summed E-state index contributed by atoms with van der Waals surface area (Å²) in [6.07, 6.45) is 5.47. The molecule has 2 aliphatic carbocycles. The van der Waals surface area contributed by atoms with Crippen LogP contribution in [0.2, 0.25) is 0 Å². The molecule has 2 nitrogen and oxygen atoms in total. The maximum Gasteiger partial charge on any atom is 0.171 e. The molecule has 4 rings (SSSR count). The first-order valence-electron chi connectivity index (χ1n) is 9.49. The van der Waals surface area contributed by atoms with E-state index in [1.54, 1.807) is 0 Å². The second-order valence-electron chi connectivity index (χ2n) is 7.78. The maximum absolute atomic E-state index is 5.53. The van der Waals surface area contributed by atoms with Gasteiger partial charge in [0.05, 0.1) is 0 Å². The summed E-state index contributed by atoms with van der Waals surface area (Å²) in [7, 11) is 0. The molecule has 0 unspecified atom stereocenters. The fourth-order valence-electron chi connectivity index (χ4n) is 4.31. The molecule has 0 amide bonds. The third kappa shape index (κ3) is 4.07. The van der Waals surface area contributed by atoms with E-state index in [2.05, 4.69) is 66.9 Å². The van der Waals surface area contributed by atoms with Gasteiger partial charge in [-0.1, -0.05) is 30.3 Å². The van der Waals surface area contributed by atoms with Crippen molar-refractivity contribution in [2.45, 2.75) is 55.4 Å². The lowest BCUT2D eigenvalue weighted by Crippen LogP contribution is -2.40. The summed E-state index contributed by atoms with van der Waals surface area (Å²) in [5.74, 6) is 1.76. The van der Waals surface area contributed by atoms with E-state index >= 15 is 0 Å². The number of aryl methyl sites for hydroxylation is 2. The van der Waals surface area contributed by atoms with Gasteiger partial charge in [0.15, 0.2) is 5.11 Å². The third-order valence-corrected chi connectivity index (χ3v) is 7.13. The van der Waals surface area contributed by atoms with Crippen molar-refractivity contribution in [3.8, 4) is 0 Å². The molecular weight excluding hydrogens is 356 g/mol. The van der Waals surface area contributed by atoms with Crippen molar-refractivity contribution in [2.75, 3.05) is 5.32 Å². The highest BCUT2D eigenvalue weighted by atomic mass is 32.2. The Morgan fingerprint density at radius 1 is 1.04 bits per heavy atom. The average molecular weight is 383 g/mol. The van der Waals surface area contributed by atoms with Gasteiger partial charge in [-0.2, -0.15) is 0 Å². The van der Waals surface area contributed by atoms with Crippen LogP contribution in [0.15, 0.2) is 52.3 Å². The van der Waals surface area contributed by atoms with E-state index in [4.69, 9.17) is 12.2 Å². The van der Waals surface area contributed by atoms with Crippen LogP contribution in [0.3, 0.4) is 0 Å². The summed E-state index contributed by atoms with van der Waals surface area (Å²) in [6.45, 7) is 4.30. The molecule has 0 spiro atoms. The molecule has 2 bridgehead atoms. The lowest BCUT2D eigenvalue weighted by atomic mass is 9.96. The molecule has 4 heteroatoms. The maximum atomic E-state index is 5.53. The Balaban J connectivity index is 1.34. The van der Waals surface area contributed by atoms with Crippen LogP contribution in [0.25, 0.3) is 0 Å². The zero-order valence-electron chi connectivity index (χ0n) is 15.4. The molecule has 2 aliphatic rings. The SMILES string of the molecule is Cc1ccc(C)c(Sc2ccc(NC(=S)N[C@H]3C[C@H]4CC[C@@H]3C4)cc2)c1. The average Bonchev–Trinajstić information content (AvgIpc) is 3.23. The van der Waals surface area contributed by atoms with Crippen LogP contribution in [0.4, 0.5) is 5.69 Å². The monoisotopic (exact) mass is 382 g/mol. The van der Waals surface area contributed by atoms with Crippen molar-refractivity contribution in [3.05, 3.63) is 53.6 Å². The molecule has 0 radical (unpaired) electrons. The number of thiocarbonyl (C=S) groups is 1. The smallest absolute Gasteiger partial charge is 0.171 e. The van der Waals surface area contributed by atoms with Crippen LogP contribution in [-0.2, 0) is 0 Å². The quantitative estimate of drug-likeness (QED) is 0.640. The van der Waals surface area contributed by atoms with Crippen molar-refractivity contribution < 1.29 is 0 Å². The highest BCUT2D eigenvalue weighted by Crippen LogP contribution is 2.44. The van der Waals surface area contributed by atoms with Gasteiger partial charge in [0.25, 0.3) is 0 Å². The third-order valence-electron chi connectivity index (χ3n) is 5.74.